The lowest BCUT2D eigenvalue weighted by Gasteiger charge is -2.15. The van der Waals surface area contributed by atoms with Crippen molar-refractivity contribution in [3.63, 3.8) is 0 Å². The number of nitrogens with zero attached hydrogens (tertiary/aromatic N) is 1. The van der Waals surface area contributed by atoms with Gasteiger partial charge in [0.2, 0.25) is 0 Å². The number of carbonyl (C=O) groups is 3. The van der Waals surface area contributed by atoms with Crippen LogP contribution >= 0.6 is 11.3 Å². The summed E-state index contributed by atoms with van der Waals surface area (Å²) in [4.78, 5) is 40.4. The number of nitrogens with one attached hydrogen (secondary N) is 3. The van der Waals surface area contributed by atoms with Gasteiger partial charge in [-0.05, 0) is 36.8 Å². The van der Waals surface area contributed by atoms with Crippen molar-refractivity contribution in [3.05, 3.63) is 77.1 Å². The van der Waals surface area contributed by atoms with Crippen molar-refractivity contribution in [1.82, 2.24) is 21.2 Å². The summed E-state index contributed by atoms with van der Waals surface area (Å²) in [5, 5.41) is 14.7. The van der Waals surface area contributed by atoms with Gasteiger partial charge < -0.3 is 15.2 Å². The Morgan fingerprint density at radius 3 is 2.50 bits per heavy atom. The Balaban J connectivity index is 1.40. The van der Waals surface area contributed by atoms with E-state index in [0.717, 1.165) is 5.56 Å². The first-order valence-electron chi connectivity index (χ1n) is 10.3. The van der Waals surface area contributed by atoms with Crippen LogP contribution in [0.15, 0.2) is 60.0 Å². The molecule has 2 aromatic carbocycles. The van der Waals surface area contributed by atoms with Crippen molar-refractivity contribution in [2.45, 2.75) is 32.1 Å². The number of aliphatic hydroxyl groups is 1. The average Bonchev–Trinajstić information content (AvgIpc) is 3.30. The molecule has 4 N–H and O–H groups in total. The van der Waals surface area contributed by atoms with Gasteiger partial charge in [-0.1, -0.05) is 30.3 Å². The summed E-state index contributed by atoms with van der Waals surface area (Å²) in [6.45, 7) is 1.50. The molecule has 3 amide bonds. The third kappa shape index (κ3) is 7.36. The summed E-state index contributed by atoms with van der Waals surface area (Å²) in [5.74, 6) is -1.86. The summed E-state index contributed by atoms with van der Waals surface area (Å²) in [7, 11) is 0. The Kier molecular flexibility index (Phi) is 8.66. The quantitative estimate of drug-likeness (QED) is 0.286. The van der Waals surface area contributed by atoms with Gasteiger partial charge in [-0.2, -0.15) is 0 Å². The molecule has 3 aromatic rings. The van der Waals surface area contributed by atoms with E-state index in [4.69, 9.17) is 4.74 Å². The lowest BCUT2D eigenvalue weighted by molar-refractivity contribution is -0.146. The zero-order chi connectivity index (χ0) is 24.5. The van der Waals surface area contributed by atoms with Gasteiger partial charge in [-0.15, -0.1) is 11.3 Å². The number of ether oxygens (including phenoxy) is 1. The minimum atomic E-state index is -1.48. The van der Waals surface area contributed by atoms with E-state index in [2.05, 4.69) is 21.2 Å². The minimum absolute atomic E-state index is 0.0652. The maximum Gasteiger partial charge on any atom is 0.334 e. The highest BCUT2D eigenvalue weighted by molar-refractivity contribution is 7.13. The molecule has 0 spiro atoms. The number of benzene rings is 2. The molecule has 3 rings (SSSR count). The fraction of sp³-hybridized carbons (Fsp3) is 0.217. The van der Waals surface area contributed by atoms with E-state index in [1.54, 1.807) is 29.6 Å². The molecule has 1 heterocycles. The first kappa shape index (κ1) is 24.8. The Labute approximate surface area is 199 Å². The van der Waals surface area contributed by atoms with Gasteiger partial charge in [0, 0.05) is 17.4 Å². The number of rotatable bonds is 8. The van der Waals surface area contributed by atoms with E-state index in [0.29, 0.717) is 16.3 Å². The van der Waals surface area contributed by atoms with Crippen LogP contribution in [-0.4, -0.2) is 40.1 Å². The summed E-state index contributed by atoms with van der Waals surface area (Å²) < 4.78 is 18.2. The molecule has 2 atom stereocenters. The second kappa shape index (κ2) is 11.9. The third-order valence-corrected chi connectivity index (χ3v) is 5.51. The number of amides is 3. The number of halogens is 1. The van der Waals surface area contributed by atoms with Gasteiger partial charge in [0.05, 0.1) is 5.69 Å². The predicted molar refractivity (Wildman–Crippen MR) is 123 cm³/mol. The molecule has 0 bridgehead atoms. The van der Waals surface area contributed by atoms with Gasteiger partial charge in [0.1, 0.15) is 29.6 Å². The topological polar surface area (TPSA) is 130 Å². The number of aliphatic hydroxyl groups excluding tert-OH is 1. The van der Waals surface area contributed by atoms with E-state index in [-0.39, 0.29) is 18.8 Å². The minimum Gasteiger partial charge on any atom is -0.459 e. The number of thiazole rings is 1. The van der Waals surface area contributed by atoms with Gasteiger partial charge in [-0.3, -0.25) is 10.2 Å². The van der Waals surface area contributed by atoms with Crippen LogP contribution < -0.4 is 16.2 Å². The molecule has 0 aliphatic heterocycles. The molecule has 9 nitrogen and oxygen atoms in total. The van der Waals surface area contributed by atoms with Crippen molar-refractivity contribution in [2.75, 3.05) is 0 Å². The largest absolute Gasteiger partial charge is 0.459 e. The number of urea groups is 1. The smallest absolute Gasteiger partial charge is 0.334 e. The Morgan fingerprint density at radius 1 is 1.09 bits per heavy atom. The summed E-state index contributed by atoms with van der Waals surface area (Å²) in [6, 6.07) is 13.1. The number of esters is 1. The Morgan fingerprint density at radius 2 is 1.79 bits per heavy atom. The predicted octanol–water partition coefficient (Wildman–Crippen LogP) is 2.31. The van der Waals surface area contributed by atoms with Crippen molar-refractivity contribution < 1.29 is 28.6 Å². The van der Waals surface area contributed by atoms with Crippen LogP contribution in [0.2, 0.25) is 0 Å². The molecule has 178 valence electrons. The molecule has 0 aliphatic rings. The van der Waals surface area contributed by atoms with Crippen molar-refractivity contribution in [2.24, 2.45) is 0 Å². The van der Waals surface area contributed by atoms with Crippen molar-refractivity contribution in [3.8, 4) is 10.6 Å². The highest BCUT2D eigenvalue weighted by Crippen LogP contribution is 2.24. The SMILES string of the molecule is C[C@H](NC(=O)NNC(=O)[C@@H](O)Cc1csc(-c2ccc(F)cc2)n1)C(=O)OCc1ccccc1. The van der Waals surface area contributed by atoms with E-state index in [1.165, 1.54) is 30.4 Å². The van der Waals surface area contributed by atoms with Gasteiger partial charge >= 0.3 is 12.0 Å². The molecular formula is C23H23FN4O5S. The maximum absolute atomic E-state index is 13.1. The molecule has 11 heteroatoms. The normalized spacial score (nSPS) is 12.3. The van der Waals surface area contributed by atoms with E-state index >= 15 is 0 Å². The molecule has 0 radical (unpaired) electrons. The fourth-order valence-corrected chi connectivity index (χ4v) is 3.60. The lowest BCUT2D eigenvalue weighted by atomic mass is 10.2. The monoisotopic (exact) mass is 486 g/mol. The van der Waals surface area contributed by atoms with Gasteiger partial charge in [-0.25, -0.2) is 24.4 Å². The maximum atomic E-state index is 13.1. The number of hydrogen-bond acceptors (Lipinski definition) is 7. The van der Waals surface area contributed by atoms with Gasteiger partial charge in [0.15, 0.2) is 0 Å². The number of hydrazine groups is 1. The second-order valence-corrected chi connectivity index (χ2v) is 8.13. The average molecular weight is 487 g/mol. The lowest BCUT2D eigenvalue weighted by Crippen LogP contribution is -2.53. The summed E-state index contributed by atoms with van der Waals surface area (Å²) in [6.07, 6.45) is -1.56. The zero-order valence-electron chi connectivity index (χ0n) is 18.2. The van der Waals surface area contributed by atoms with Gasteiger partial charge in [0.25, 0.3) is 5.91 Å². The van der Waals surface area contributed by atoms with Crippen LogP contribution in [0.5, 0.6) is 0 Å². The van der Waals surface area contributed by atoms with Crippen LogP contribution in [-0.2, 0) is 27.4 Å². The number of aromatic nitrogens is 1. The highest BCUT2D eigenvalue weighted by Gasteiger charge is 2.20. The molecule has 34 heavy (non-hydrogen) atoms. The van der Waals surface area contributed by atoms with Crippen molar-refractivity contribution in [1.29, 1.82) is 0 Å². The number of carbonyl (C=O) groups excluding carboxylic acids is 3. The highest BCUT2D eigenvalue weighted by atomic mass is 32.1. The van der Waals surface area contributed by atoms with Crippen LogP contribution in [0.25, 0.3) is 10.6 Å². The fourth-order valence-electron chi connectivity index (χ4n) is 2.76. The van der Waals surface area contributed by atoms with E-state index in [1.807, 2.05) is 18.2 Å². The first-order valence-corrected chi connectivity index (χ1v) is 11.1. The van der Waals surface area contributed by atoms with Crippen LogP contribution in [0.4, 0.5) is 9.18 Å². The standard InChI is InChI=1S/C23H23FN4O5S/c1-14(22(31)33-12-15-5-3-2-4-6-15)25-23(32)28-27-20(30)19(29)11-18-13-34-21(26-18)16-7-9-17(24)10-8-16/h2-10,13-14,19,29H,11-12H2,1H3,(H,27,30)(H2,25,28,32)/t14-,19-/m0/s1. The summed E-state index contributed by atoms with van der Waals surface area (Å²) in [5.41, 5.74) is 6.14. The van der Waals surface area contributed by atoms with E-state index < -0.39 is 30.1 Å². The molecule has 0 saturated carbocycles. The molecule has 0 saturated heterocycles. The Bertz CT molecular complexity index is 1120. The molecule has 0 aliphatic carbocycles. The third-order valence-electron chi connectivity index (χ3n) is 4.57. The Hall–Kier alpha value is -3.83. The number of hydrogen-bond donors (Lipinski definition) is 4. The van der Waals surface area contributed by atoms with Crippen molar-refractivity contribution >= 4 is 29.2 Å². The first-order chi connectivity index (χ1) is 16.3. The molecule has 0 unspecified atom stereocenters. The van der Waals surface area contributed by atoms with Crippen LogP contribution in [0, 0.1) is 5.82 Å². The van der Waals surface area contributed by atoms with Crippen LogP contribution in [0.3, 0.4) is 0 Å². The van der Waals surface area contributed by atoms with Crippen LogP contribution in [0.1, 0.15) is 18.2 Å². The zero-order valence-corrected chi connectivity index (χ0v) is 19.0. The molecule has 0 fully saturated rings. The summed E-state index contributed by atoms with van der Waals surface area (Å²) >= 11 is 1.29. The molecule has 1 aromatic heterocycles. The second-order valence-electron chi connectivity index (χ2n) is 7.27. The molecular weight excluding hydrogens is 463 g/mol. The van der Waals surface area contributed by atoms with E-state index in [9.17, 15) is 23.9 Å².